The van der Waals surface area contributed by atoms with Crippen molar-refractivity contribution in [2.75, 3.05) is 19.1 Å². The highest BCUT2D eigenvalue weighted by Gasteiger charge is 2.17. The zero-order valence-electron chi connectivity index (χ0n) is 13.7. The molecule has 0 radical (unpaired) electrons. The van der Waals surface area contributed by atoms with E-state index in [0.717, 1.165) is 11.3 Å². The average Bonchev–Trinajstić information content (AvgIpc) is 3.02. The number of rotatable bonds is 6. The minimum Gasteiger partial charge on any atom is -0.374 e. The third-order valence-electron chi connectivity index (χ3n) is 3.66. The molecule has 1 aromatic carbocycles. The second-order valence-electron chi connectivity index (χ2n) is 5.31. The molecule has 0 N–H and O–H groups in total. The third kappa shape index (κ3) is 4.30. The molecule has 0 spiro atoms. The molecule has 0 saturated heterocycles. The van der Waals surface area contributed by atoms with Crippen molar-refractivity contribution in [3.05, 3.63) is 40.5 Å². The number of aryl methyl sites for hydroxylation is 2. The molecule has 6 nitrogen and oxygen atoms in total. The molecule has 1 aromatic heterocycles. The molecule has 1 unspecified atom stereocenters. The van der Waals surface area contributed by atoms with E-state index in [0.29, 0.717) is 23.2 Å². The van der Waals surface area contributed by atoms with Gasteiger partial charge in [0.1, 0.15) is 6.10 Å². The predicted octanol–water partition coefficient (Wildman–Crippen LogP) is 3.33. The lowest BCUT2D eigenvalue weighted by molar-refractivity contribution is -0.118. The average molecular weight is 338 g/mol. The molecule has 0 aliphatic rings. The molecular weight excluding hydrogens is 318 g/mol. The Bertz CT molecular complexity index is 687. The number of carbonyl (C=O) groups excluding carboxylic acids is 1. The number of halogens is 1. The fourth-order valence-electron chi connectivity index (χ4n) is 2.10. The van der Waals surface area contributed by atoms with Crippen LogP contribution in [0.4, 0.5) is 5.69 Å². The molecule has 0 saturated carbocycles. The number of ether oxygens (including phenoxy) is 1. The van der Waals surface area contributed by atoms with E-state index in [1.807, 2.05) is 19.9 Å². The second-order valence-corrected chi connectivity index (χ2v) is 5.74. The fourth-order valence-corrected chi connectivity index (χ4v) is 2.27. The molecule has 124 valence electrons. The Morgan fingerprint density at radius 2 is 2.22 bits per heavy atom. The van der Waals surface area contributed by atoms with E-state index in [4.69, 9.17) is 20.9 Å². The Morgan fingerprint density at radius 3 is 2.91 bits per heavy atom. The van der Waals surface area contributed by atoms with Crippen LogP contribution in [0.2, 0.25) is 5.02 Å². The summed E-state index contributed by atoms with van der Waals surface area (Å²) in [5.74, 6) is 0.859. The Morgan fingerprint density at radius 1 is 1.48 bits per heavy atom. The van der Waals surface area contributed by atoms with E-state index < -0.39 is 0 Å². The van der Waals surface area contributed by atoms with Crippen LogP contribution in [0, 0.1) is 6.92 Å². The maximum Gasteiger partial charge on any atom is 0.227 e. The highest BCUT2D eigenvalue weighted by molar-refractivity contribution is 6.31. The van der Waals surface area contributed by atoms with Crippen LogP contribution in [0.3, 0.4) is 0 Å². The Hall–Kier alpha value is -1.92. The fraction of sp³-hybridized carbons (Fsp3) is 0.438. The van der Waals surface area contributed by atoms with E-state index >= 15 is 0 Å². The van der Waals surface area contributed by atoms with Crippen molar-refractivity contribution in [3.63, 3.8) is 0 Å². The summed E-state index contributed by atoms with van der Waals surface area (Å²) in [6.07, 6.45) is 0.414. The summed E-state index contributed by atoms with van der Waals surface area (Å²) in [5.41, 5.74) is 1.78. The number of methoxy groups -OCH3 is 1. The van der Waals surface area contributed by atoms with Crippen molar-refractivity contribution < 1.29 is 14.1 Å². The van der Waals surface area contributed by atoms with Crippen molar-refractivity contribution in [1.82, 2.24) is 10.1 Å². The Kier molecular flexibility index (Phi) is 5.74. The van der Waals surface area contributed by atoms with Gasteiger partial charge in [-0.1, -0.05) is 22.8 Å². The van der Waals surface area contributed by atoms with Crippen molar-refractivity contribution in [1.29, 1.82) is 0 Å². The number of nitrogens with zero attached hydrogens (tertiary/aromatic N) is 3. The van der Waals surface area contributed by atoms with Crippen LogP contribution in [0.5, 0.6) is 0 Å². The summed E-state index contributed by atoms with van der Waals surface area (Å²) < 4.78 is 10.3. The minimum atomic E-state index is -0.236. The van der Waals surface area contributed by atoms with Gasteiger partial charge in [-0.25, -0.2) is 0 Å². The Labute approximate surface area is 140 Å². The van der Waals surface area contributed by atoms with Crippen molar-refractivity contribution in [2.45, 2.75) is 32.8 Å². The molecule has 2 aromatic rings. The van der Waals surface area contributed by atoms with Gasteiger partial charge in [-0.15, -0.1) is 0 Å². The molecule has 1 heterocycles. The Balaban J connectivity index is 1.99. The standard InChI is InChI=1S/C16H20ClN3O3/c1-10-5-6-12(17)9-13(10)20(3)15(21)8-7-14-18-16(19-23-14)11(2)22-4/h5-6,9,11H,7-8H2,1-4H3. The van der Waals surface area contributed by atoms with Crippen LogP contribution in [0.1, 0.15) is 36.7 Å². The van der Waals surface area contributed by atoms with Gasteiger partial charge in [-0.05, 0) is 31.5 Å². The molecule has 7 heteroatoms. The lowest BCUT2D eigenvalue weighted by Gasteiger charge is -2.19. The van der Waals surface area contributed by atoms with Gasteiger partial charge in [0.25, 0.3) is 0 Å². The largest absolute Gasteiger partial charge is 0.374 e. The topological polar surface area (TPSA) is 68.5 Å². The van der Waals surface area contributed by atoms with Crippen LogP contribution >= 0.6 is 11.6 Å². The smallest absolute Gasteiger partial charge is 0.227 e. The first-order valence-corrected chi connectivity index (χ1v) is 7.68. The number of amides is 1. The minimum absolute atomic E-state index is 0.0464. The van der Waals surface area contributed by atoms with Gasteiger partial charge >= 0.3 is 0 Å². The van der Waals surface area contributed by atoms with Gasteiger partial charge in [0, 0.05) is 37.7 Å². The highest BCUT2D eigenvalue weighted by atomic mass is 35.5. The van der Waals surface area contributed by atoms with Crippen molar-refractivity contribution in [2.24, 2.45) is 0 Å². The van der Waals surface area contributed by atoms with Crippen LogP contribution in [0.25, 0.3) is 0 Å². The highest BCUT2D eigenvalue weighted by Crippen LogP contribution is 2.24. The number of hydrogen-bond donors (Lipinski definition) is 0. The van der Waals surface area contributed by atoms with Gasteiger partial charge < -0.3 is 14.2 Å². The van der Waals surface area contributed by atoms with Crippen LogP contribution in [-0.4, -0.2) is 30.2 Å². The molecule has 2 rings (SSSR count). The normalized spacial score (nSPS) is 12.2. The van der Waals surface area contributed by atoms with Gasteiger partial charge in [0.2, 0.25) is 11.8 Å². The van der Waals surface area contributed by atoms with E-state index in [1.54, 1.807) is 31.2 Å². The lowest BCUT2D eigenvalue weighted by atomic mass is 10.1. The van der Waals surface area contributed by atoms with Crippen LogP contribution in [0.15, 0.2) is 22.7 Å². The molecule has 0 aliphatic carbocycles. The molecule has 0 aliphatic heterocycles. The van der Waals surface area contributed by atoms with Gasteiger partial charge in [-0.3, -0.25) is 4.79 Å². The summed E-state index contributed by atoms with van der Waals surface area (Å²) in [5, 5.41) is 4.44. The number of aromatic nitrogens is 2. The summed E-state index contributed by atoms with van der Waals surface area (Å²) >= 11 is 6.00. The number of carbonyl (C=O) groups is 1. The van der Waals surface area contributed by atoms with Crippen molar-refractivity contribution in [3.8, 4) is 0 Å². The maximum atomic E-state index is 12.3. The quantitative estimate of drug-likeness (QED) is 0.808. The summed E-state index contributed by atoms with van der Waals surface area (Å²) in [4.78, 5) is 18.2. The lowest BCUT2D eigenvalue weighted by Crippen LogP contribution is -2.27. The maximum absolute atomic E-state index is 12.3. The summed E-state index contributed by atoms with van der Waals surface area (Å²) in [6.45, 7) is 3.77. The monoisotopic (exact) mass is 337 g/mol. The SMILES string of the molecule is COC(C)c1noc(CCC(=O)N(C)c2cc(Cl)ccc2C)n1. The van der Waals surface area contributed by atoms with Crippen LogP contribution in [-0.2, 0) is 16.0 Å². The van der Waals surface area contributed by atoms with Gasteiger partial charge in [-0.2, -0.15) is 4.98 Å². The van der Waals surface area contributed by atoms with Gasteiger partial charge in [0.05, 0.1) is 0 Å². The second kappa shape index (κ2) is 7.57. The first kappa shape index (κ1) is 17.4. The molecule has 1 atom stereocenters. The summed E-state index contributed by atoms with van der Waals surface area (Å²) in [7, 11) is 3.31. The molecule has 0 bridgehead atoms. The van der Waals surface area contributed by atoms with E-state index in [2.05, 4.69) is 10.1 Å². The van der Waals surface area contributed by atoms with E-state index in [9.17, 15) is 4.79 Å². The number of anilines is 1. The third-order valence-corrected chi connectivity index (χ3v) is 3.90. The molecule has 23 heavy (non-hydrogen) atoms. The van der Waals surface area contributed by atoms with Gasteiger partial charge in [0.15, 0.2) is 5.82 Å². The molecule has 0 fully saturated rings. The number of hydrogen-bond acceptors (Lipinski definition) is 5. The van der Waals surface area contributed by atoms with E-state index in [-0.39, 0.29) is 18.4 Å². The first-order valence-electron chi connectivity index (χ1n) is 7.30. The first-order chi connectivity index (χ1) is 10.9. The predicted molar refractivity (Wildman–Crippen MR) is 87.6 cm³/mol. The summed E-state index contributed by atoms with van der Waals surface area (Å²) in [6, 6.07) is 5.47. The molecule has 1 amide bonds. The zero-order chi connectivity index (χ0) is 17.0. The molecular formula is C16H20ClN3O3. The van der Waals surface area contributed by atoms with Crippen molar-refractivity contribution >= 4 is 23.2 Å². The zero-order valence-corrected chi connectivity index (χ0v) is 14.4. The number of benzene rings is 1. The van der Waals surface area contributed by atoms with E-state index in [1.165, 1.54) is 0 Å². The van der Waals surface area contributed by atoms with Crippen LogP contribution < -0.4 is 4.90 Å².